The second-order valence-electron chi connectivity index (χ2n) is 6.51. The van der Waals surface area contributed by atoms with E-state index < -0.39 is 0 Å². The van der Waals surface area contributed by atoms with Gasteiger partial charge in [-0.3, -0.25) is 19.3 Å². The van der Waals surface area contributed by atoms with E-state index in [4.69, 9.17) is 0 Å². The van der Waals surface area contributed by atoms with Gasteiger partial charge in [0, 0.05) is 7.05 Å². The van der Waals surface area contributed by atoms with E-state index in [0.29, 0.717) is 12.8 Å². The zero-order valence-corrected chi connectivity index (χ0v) is 14.0. The molecule has 0 saturated carbocycles. The van der Waals surface area contributed by atoms with Crippen LogP contribution in [-0.4, -0.2) is 41.1 Å². The molecule has 24 heavy (non-hydrogen) atoms. The van der Waals surface area contributed by atoms with Gasteiger partial charge in [-0.05, 0) is 25.3 Å². The van der Waals surface area contributed by atoms with Gasteiger partial charge < -0.3 is 4.90 Å². The van der Waals surface area contributed by atoms with Crippen molar-refractivity contribution in [1.29, 1.82) is 0 Å². The molecule has 3 amide bonds. The van der Waals surface area contributed by atoms with Gasteiger partial charge in [-0.2, -0.15) is 0 Å². The molecule has 0 radical (unpaired) electrons. The van der Waals surface area contributed by atoms with Gasteiger partial charge in [0.1, 0.15) is 6.54 Å². The van der Waals surface area contributed by atoms with Crippen molar-refractivity contribution < 1.29 is 14.4 Å². The molecule has 2 aliphatic rings. The fourth-order valence-corrected chi connectivity index (χ4v) is 3.44. The molecule has 5 heteroatoms. The molecule has 1 aliphatic heterocycles. The Kier molecular flexibility index (Phi) is 4.51. The molecule has 0 spiro atoms. The minimum atomic E-state index is -0.285. The molecule has 126 valence electrons. The van der Waals surface area contributed by atoms with Crippen LogP contribution in [0.2, 0.25) is 0 Å². The van der Waals surface area contributed by atoms with Crippen LogP contribution in [0.4, 0.5) is 0 Å². The van der Waals surface area contributed by atoms with E-state index in [-0.39, 0.29) is 42.1 Å². The average molecular weight is 326 g/mol. The van der Waals surface area contributed by atoms with Gasteiger partial charge in [-0.25, -0.2) is 0 Å². The Bertz CT molecular complexity index is 657. The summed E-state index contributed by atoms with van der Waals surface area (Å²) in [6, 6.07) is 9.58. The Morgan fingerprint density at radius 2 is 1.67 bits per heavy atom. The molecule has 3 unspecified atom stereocenters. The van der Waals surface area contributed by atoms with E-state index in [9.17, 15) is 14.4 Å². The van der Waals surface area contributed by atoms with Crippen LogP contribution >= 0.6 is 0 Å². The van der Waals surface area contributed by atoms with Crippen LogP contribution in [0, 0.1) is 11.8 Å². The molecule has 1 aromatic carbocycles. The smallest absolute Gasteiger partial charge is 0.242 e. The third-order valence-corrected chi connectivity index (χ3v) is 5.15. The molecule has 1 heterocycles. The molecular weight excluding hydrogens is 304 g/mol. The highest BCUT2D eigenvalue weighted by Crippen LogP contribution is 2.35. The molecular formula is C19H22N2O3. The van der Waals surface area contributed by atoms with Gasteiger partial charge in [-0.1, -0.05) is 42.5 Å². The molecule has 0 N–H and O–H groups in total. The van der Waals surface area contributed by atoms with E-state index >= 15 is 0 Å². The first-order valence-corrected chi connectivity index (χ1v) is 8.31. The maximum Gasteiger partial charge on any atom is 0.242 e. The van der Waals surface area contributed by atoms with Gasteiger partial charge in [-0.15, -0.1) is 0 Å². The van der Waals surface area contributed by atoms with Gasteiger partial charge in [0.05, 0.1) is 17.9 Å². The van der Waals surface area contributed by atoms with Crippen LogP contribution in [0.5, 0.6) is 0 Å². The van der Waals surface area contributed by atoms with E-state index in [1.165, 1.54) is 0 Å². The molecule has 0 aromatic heterocycles. The number of benzene rings is 1. The summed E-state index contributed by atoms with van der Waals surface area (Å²) in [5, 5.41) is 0. The van der Waals surface area contributed by atoms with Crippen molar-refractivity contribution in [3.05, 3.63) is 48.0 Å². The van der Waals surface area contributed by atoms with E-state index in [0.717, 1.165) is 10.5 Å². The third-order valence-electron chi connectivity index (χ3n) is 5.15. The maximum absolute atomic E-state index is 12.6. The summed E-state index contributed by atoms with van der Waals surface area (Å²) in [6.07, 6.45) is 5.08. The number of fused-ring (bicyclic) bond motifs is 1. The number of nitrogens with zero attached hydrogens (tertiary/aromatic N) is 2. The second kappa shape index (κ2) is 6.59. The van der Waals surface area contributed by atoms with Crippen molar-refractivity contribution in [2.75, 3.05) is 13.6 Å². The van der Waals surface area contributed by atoms with Gasteiger partial charge in [0.25, 0.3) is 0 Å². The molecule has 0 bridgehead atoms. The largest absolute Gasteiger partial charge is 0.337 e. The Morgan fingerprint density at radius 3 is 2.21 bits per heavy atom. The van der Waals surface area contributed by atoms with Crippen LogP contribution in [-0.2, 0) is 14.4 Å². The quantitative estimate of drug-likeness (QED) is 0.629. The number of amides is 3. The molecule has 3 atom stereocenters. The van der Waals surface area contributed by atoms with Crippen molar-refractivity contribution in [2.45, 2.75) is 25.8 Å². The summed E-state index contributed by atoms with van der Waals surface area (Å²) < 4.78 is 0. The number of hydrogen-bond donors (Lipinski definition) is 0. The molecule has 1 saturated heterocycles. The first-order valence-electron chi connectivity index (χ1n) is 8.31. The average Bonchev–Trinajstić information content (AvgIpc) is 2.86. The fourth-order valence-electron chi connectivity index (χ4n) is 3.44. The van der Waals surface area contributed by atoms with Crippen molar-refractivity contribution in [3.8, 4) is 0 Å². The van der Waals surface area contributed by atoms with Crippen molar-refractivity contribution in [3.63, 3.8) is 0 Å². The predicted octanol–water partition coefficient (Wildman–Crippen LogP) is 2.16. The lowest BCUT2D eigenvalue weighted by molar-refractivity contribution is -0.146. The summed E-state index contributed by atoms with van der Waals surface area (Å²) in [5.74, 6) is -1.20. The predicted molar refractivity (Wildman–Crippen MR) is 89.7 cm³/mol. The fraction of sp³-hybridized carbons (Fsp3) is 0.421. The summed E-state index contributed by atoms with van der Waals surface area (Å²) >= 11 is 0. The van der Waals surface area contributed by atoms with Gasteiger partial charge in [0.15, 0.2) is 0 Å². The van der Waals surface area contributed by atoms with Crippen LogP contribution in [0.3, 0.4) is 0 Å². The Balaban J connectivity index is 1.68. The van der Waals surface area contributed by atoms with E-state index in [2.05, 4.69) is 0 Å². The number of carbonyl (C=O) groups is 3. The molecule has 1 aromatic rings. The molecule has 1 fully saturated rings. The molecule has 3 rings (SSSR count). The van der Waals surface area contributed by atoms with Crippen LogP contribution < -0.4 is 0 Å². The number of likely N-dealkylation sites (N-methyl/N-ethyl adjacent to an activating group) is 1. The van der Waals surface area contributed by atoms with Crippen molar-refractivity contribution in [2.24, 2.45) is 11.8 Å². The number of likely N-dealkylation sites (tertiary alicyclic amines) is 1. The summed E-state index contributed by atoms with van der Waals surface area (Å²) in [6.45, 7) is 1.77. The summed E-state index contributed by atoms with van der Waals surface area (Å²) in [4.78, 5) is 40.2. The normalized spacial score (nSPS) is 24.0. The first-order chi connectivity index (χ1) is 11.5. The number of hydrogen-bond acceptors (Lipinski definition) is 3. The Hall–Kier alpha value is -2.43. The van der Waals surface area contributed by atoms with Crippen molar-refractivity contribution >= 4 is 17.7 Å². The highest BCUT2D eigenvalue weighted by atomic mass is 16.2. The number of rotatable bonds is 4. The lowest BCUT2D eigenvalue weighted by Gasteiger charge is -2.27. The van der Waals surface area contributed by atoms with Gasteiger partial charge in [0.2, 0.25) is 17.7 Å². The Morgan fingerprint density at radius 1 is 1.12 bits per heavy atom. The topological polar surface area (TPSA) is 57.7 Å². The molecule has 1 aliphatic carbocycles. The van der Waals surface area contributed by atoms with Crippen LogP contribution in [0.15, 0.2) is 42.5 Å². The van der Waals surface area contributed by atoms with Crippen molar-refractivity contribution in [1.82, 2.24) is 9.80 Å². The number of imide groups is 1. The number of allylic oxidation sites excluding steroid dienone is 2. The number of carbonyl (C=O) groups excluding carboxylic acids is 3. The minimum absolute atomic E-state index is 0.115. The molecule has 5 nitrogen and oxygen atoms in total. The highest BCUT2D eigenvalue weighted by molar-refractivity contribution is 6.07. The van der Waals surface area contributed by atoms with Crippen LogP contribution in [0.25, 0.3) is 0 Å². The highest BCUT2D eigenvalue weighted by Gasteiger charge is 2.47. The minimum Gasteiger partial charge on any atom is -0.337 e. The van der Waals surface area contributed by atoms with Crippen LogP contribution in [0.1, 0.15) is 31.4 Å². The zero-order valence-electron chi connectivity index (χ0n) is 14.0. The Labute approximate surface area is 141 Å². The lowest BCUT2D eigenvalue weighted by Crippen LogP contribution is -2.42. The van der Waals surface area contributed by atoms with Gasteiger partial charge >= 0.3 is 0 Å². The maximum atomic E-state index is 12.6. The SMILES string of the molecule is CC(c1ccccc1)N(C)C(=O)CN1C(=O)C2CC=CCC2C1=O. The first kappa shape index (κ1) is 16.4. The second-order valence-corrected chi connectivity index (χ2v) is 6.51. The standard InChI is InChI=1S/C19H22N2O3/c1-13(14-8-4-3-5-9-14)20(2)17(22)12-21-18(23)15-10-6-7-11-16(15)19(21)24/h3-9,13,15-16H,10-12H2,1-2H3. The monoisotopic (exact) mass is 326 g/mol. The lowest BCUT2D eigenvalue weighted by atomic mass is 9.85. The van der Waals surface area contributed by atoms with E-state index in [1.54, 1.807) is 11.9 Å². The third kappa shape index (κ3) is 2.86. The summed E-state index contributed by atoms with van der Waals surface area (Å²) in [5.41, 5.74) is 1.02. The zero-order chi connectivity index (χ0) is 17.3. The van der Waals surface area contributed by atoms with E-state index in [1.807, 2.05) is 49.4 Å². The summed E-state index contributed by atoms with van der Waals surface area (Å²) in [7, 11) is 1.71.